The second-order valence-electron chi connectivity index (χ2n) is 7.08. The van der Waals surface area contributed by atoms with E-state index in [0.29, 0.717) is 17.8 Å². The number of hydrogen-bond donors (Lipinski definition) is 1. The van der Waals surface area contributed by atoms with Crippen LogP contribution in [0.5, 0.6) is 5.75 Å². The van der Waals surface area contributed by atoms with E-state index < -0.39 is 10.0 Å². The van der Waals surface area contributed by atoms with Gasteiger partial charge in [-0.3, -0.25) is 4.79 Å². The number of nitrogens with one attached hydrogen (secondary N) is 1. The first-order valence-electron chi connectivity index (χ1n) is 9.28. The van der Waals surface area contributed by atoms with Crippen molar-refractivity contribution in [1.82, 2.24) is 4.31 Å². The molecule has 2 aromatic rings. The molecule has 8 heteroatoms. The van der Waals surface area contributed by atoms with Crippen LogP contribution in [-0.2, 0) is 21.2 Å². The SMILES string of the molecule is CCN1C[C@H](CN(C)S(=O)(=O)c2ccc3c(c2)CC(=O)N3)Oc2ccccc21. The Balaban J connectivity index is 1.53. The Kier molecular flexibility index (Phi) is 4.76. The lowest BCUT2D eigenvalue weighted by molar-refractivity contribution is -0.115. The molecule has 0 bridgehead atoms. The van der Waals surface area contributed by atoms with Crippen LogP contribution >= 0.6 is 0 Å². The molecule has 0 fully saturated rings. The van der Waals surface area contributed by atoms with Crippen LogP contribution in [0.25, 0.3) is 0 Å². The van der Waals surface area contributed by atoms with Gasteiger partial charge in [0.1, 0.15) is 11.9 Å². The maximum Gasteiger partial charge on any atom is 0.242 e. The topological polar surface area (TPSA) is 79.0 Å². The minimum absolute atomic E-state index is 0.119. The Morgan fingerprint density at radius 2 is 2.04 bits per heavy atom. The molecule has 2 aliphatic rings. The predicted molar refractivity (Wildman–Crippen MR) is 107 cm³/mol. The van der Waals surface area contributed by atoms with Gasteiger partial charge in [-0.1, -0.05) is 12.1 Å². The third kappa shape index (κ3) is 3.33. The molecule has 0 aromatic heterocycles. The van der Waals surface area contributed by atoms with Gasteiger partial charge in [-0.25, -0.2) is 8.42 Å². The predicted octanol–water partition coefficient (Wildman–Crippen LogP) is 2.09. The molecule has 2 aromatic carbocycles. The summed E-state index contributed by atoms with van der Waals surface area (Å²) in [6, 6.07) is 12.6. The van der Waals surface area contributed by atoms with E-state index in [0.717, 1.165) is 18.0 Å². The third-order valence-corrected chi connectivity index (χ3v) is 7.00. The van der Waals surface area contributed by atoms with E-state index in [1.807, 2.05) is 24.3 Å². The first-order chi connectivity index (χ1) is 13.4. The van der Waals surface area contributed by atoms with Gasteiger partial charge in [0.15, 0.2) is 0 Å². The van der Waals surface area contributed by atoms with Gasteiger partial charge in [0, 0.05) is 19.3 Å². The number of rotatable bonds is 5. The van der Waals surface area contributed by atoms with Gasteiger partial charge in [0.05, 0.1) is 30.1 Å². The molecule has 1 amide bonds. The Hall–Kier alpha value is -2.58. The van der Waals surface area contributed by atoms with Gasteiger partial charge in [0.2, 0.25) is 15.9 Å². The largest absolute Gasteiger partial charge is 0.485 e. The first kappa shape index (κ1) is 18.8. The number of anilines is 2. The van der Waals surface area contributed by atoms with Crippen molar-refractivity contribution in [2.75, 3.05) is 36.9 Å². The first-order valence-corrected chi connectivity index (χ1v) is 10.7. The summed E-state index contributed by atoms with van der Waals surface area (Å²) in [6.45, 7) is 3.75. The minimum Gasteiger partial charge on any atom is -0.485 e. The number of nitrogens with zero attached hydrogens (tertiary/aromatic N) is 2. The molecule has 0 aliphatic carbocycles. The van der Waals surface area contributed by atoms with Gasteiger partial charge in [-0.05, 0) is 42.8 Å². The van der Waals surface area contributed by atoms with Crippen molar-refractivity contribution in [3.05, 3.63) is 48.0 Å². The van der Waals surface area contributed by atoms with E-state index in [2.05, 4.69) is 17.1 Å². The molecule has 7 nitrogen and oxygen atoms in total. The van der Waals surface area contributed by atoms with Gasteiger partial charge in [-0.2, -0.15) is 4.31 Å². The van der Waals surface area contributed by atoms with Crippen LogP contribution in [0.4, 0.5) is 11.4 Å². The minimum atomic E-state index is -3.68. The lowest BCUT2D eigenvalue weighted by Crippen LogP contribution is -2.46. The Morgan fingerprint density at radius 3 is 2.82 bits per heavy atom. The summed E-state index contributed by atoms with van der Waals surface area (Å²) in [6.07, 6.45) is -0.0663. The van der Waals surface area contributed by atoms with E-state index in [1.54, 1.807) is 19.2 Å². The average Bonchev–Trinajstić information content (AvgIpc) is 3.06. The Morgan fingerprint density at radius 1 is 1.25 bits per heavy atom. The fraction of sp³-hybridized carbons (Fsp3) is 0.350. The highest BCUT2D eigenvalue weighted by atomic mass is 32.2. The van der Waals surface area contributed by atoms with Crippen LogP contribution in [0, 0.1) is 0 Å². The lowest BCUT2D eigenvalue weighted by atomic mass is 10.2. The van der Waals surface area contributed by atoms with Crippen molar-refractivity contribution >= 4 is 27.3 Å². The monoisotopic (exact) mass is 401 g/mol. The molecule has 0 saturated heterocycles. The summed E-state index contributed by atoms with van der Waals surface area (Å²) in [5, 5.41) is 2.72. The molecule has 0 spiro atoms. The Labute approximate surface area is 165 Å². The highest BCUT2D eigenvalue weighted by molar-refractivity contribution is 7.89. The zero-order valence-electron chi connectivity index (χ0n) is 15.9. The number of hydrogen-bond acceptors (Lipinski definition) is 5. The Bertz CT molecular complexity index is 1020. The summed E-state index contributed by atoms with van der Waals surface area (Å²) in [5.41, 5.74) is 2.42. The molecule has 1 N–H and O–H groups in total. The summed E-state index contributed by atoms with van der Waals surface area (Å²) in [5.74, 6) is 0.653. The molecular formula is C20H23N3O4S. The summed E-state index contributed by atoms with van der Waals surface area (Å²) < 4.78 is 33.4. The van der Waals surface area contributed by atoms with Crippen LogP contribution in [0.3, 0.4) is 0 Å². The standard InChI is InChI=1S/C20H23N3O4S/c1-3-23-13-15(27-19-7-5-4-6-18(19)23)12-22(2)28(25,26)16-8-9-17-14(10-16)11-20(24)21-17/h4-10,15H,3,11-13H2,1-2H3,(H,21,24)/t15-/m0/s1. The van der Waals surface area contributed by atoms with E-state index in [1.165, 1.54) is 10.4 Å². The lowest BCUT2D eigenvalue weighted by Gasteiger charge is -2.37. The third-order valence-electron chi connectivity index (χ3n) is 5.18. The van der Waals surface area contributed by atoms with Gasteiger partial charge < -0.3 is 15.0 Å². The van der Waals surface area contributed by atoms with Gasteiger partial charge >= 0.3 is 0 Å². The highest BCUT2D eigenvalue weighted by Gasteiger charge is 2.30. The highest BCUT2D eigenvalue weighted by Crippen LogP contribution is 2.33. The smallest absolute Gasteiger partial charge is 0.242 e. The number of likely N-dealkylation sites (N-methyl/N-ethyl adjacent to an activating group) is 2. The van der Waals surface area contributed by atoms with Crippen molar-refractivity contribution < 1.29 is 17.9 Å². The number of amides is 1. The average molecular weight is 401 g/mol. The molecule has 4 rings (SSSR count). The molecule has 0 unspecified atom stereocenters. The van der Waals surface area contributed by atoms with E-state index in [-0.39, 0.29) is 29.9 Å². The zero-order chi connectivity index (χ0) is 19.9. The van der Waals surface area contributed by atoms with E-state index in [4.69, 9.17) is 4.74 Å². The second-order valence-corrected chi connectivity index (χ2v) is 9.12. The van der Waals surface area contributed by atoms with Crippen molar-refractivity contribution in [2.24, 2.45) is 0 Å². The second kappa shape index (κ2) is 7.10. The molecular weight excluding hydrogens is 378 g/mol. The molecule has 0 saturated carbocycles. The fourth-order valence-electron chi connectivity index (χ4n) is 3.70. The van der Waals surface area contributed by atoms with Crippen LogP contribution in [0.1, 0.15) is 12.5 Å². The molecule has 1 atom stereocenters. The normalized spacial score (nSPS) is 18.5. The quantitative estimate of drug-likeness (QED) is 0.830. The van der Waals surface area contributed by atoms with E-state index >= 15 is 0 Å². The summed E-state index contributed by atoms with van der Waals surface area (Å²) in [4.78, 5) is 13.9. The maximum atomic E-state index is 13.0. The number of ether oxygens (including phenoxy) is 1. The van der Waals surface area contributed by atoms with Crippen molar-refractivity contribution in [2.45, 2.75) is 24.3 Å². The maximum absolute atomic E-state index is 13.0. The van der Waals surface area contributed by atoms with Crippen molar-refractivity contribution in [3.63, 3.8) is 0 Å². The number of benzene rings is 2. The zero-order valence-corrected chi connectivity index (χ0v) is 16.7. The van der Waals surface area contributed by atoms with Crippen molar-refractivity contribution in [1.29, 1.82) is 0 Å². The van der Waals surface area contributed by atoms with Gasteiger partial charge in [-0.15, -0.1) is 0 Å². The molecule has 148 valence electrons. The van der Waals surface area contributed by atoms with E-state index in [9.17, 15) is 13.2 Å². The summed E-state index contributed by atoms with van der Waals surface area (Å²) in [7, 11) is -2.12. The fourth-order valence-corrected chi connectivity index (χ4v) is 4.96. The van der Waals surface area contributed by atoms with Crippen LogP contribution < -0.4 is 15.0 Å². The molecule has 28 heavy (non-hydrogen) atoms. The van der Waals surface area contributed by atoms with Crippen LogP contribution in [-0.4, -0.2) is 51.4 Å². The van der Waals surface area contributed by atoms with Crippen molar-refractivity contribution in [3.8, 4) is 5.75 Å². The van der Waals surface area contributed by atoms with Gasteiger partial charge in [0.25, 0.3) is 0 Å². The molecule has 0 radical (unpaired) electrons. The number of carbonyl (C=O) groups excluding carboxylic acids is 1. The number of carbonyl (C=O) groups is 1. The molecule has 2 aliphatic heterocycles. The number of para-hydroxylation sites is 2. The summed E-state index contributed by atoms with van der Waals surface area (Å²) >= 11 is 0. The van der Waals surface area contributed by atoms with Crippen LogP contribution in [0.15, 0.2) is 47.4 Å². The number of sulfonamides is 1. The number of fused-ring (bicyclic) bond motifs is 2. The van der Waals surface area contributed by atoms with Crippen LogP contribution in [0.2, 0.25) is 0 Å². The molecule has 2 heterocycles.